The van der Waals surface area contributed by atoms with Crippen molar-refractivity contribution in [3.63, 3.8) is 0 Å². The molecular weight excluding hydrogens is 356 g/mol. The highest BCUT2D eigenvalue weighted by Crippen LogP contribution is 2.33. The van der Waals surface area contributed by atoms with Crippen LogP contribution in [0.15, 0.2) is 28.1 Å². The second-order valence-electron chi connectivity index (χ2n) is 5.02. The van der Waals surface area contributed by atoms with Gasteiger partial charge in [-0.2, -0.15) is 0 Å². The zero-order valence-electron chi connectivity index (χ0n) is 12.1. The van der Waals surface area contributed by atoms with Gasteiger partial charge < -0.3 is 5.32 Å². The van der Waals surface area contributed by atoms with Gasteiger partial charge in [0.25, 0.3) is 0 Å². The summed E-state index contributed by atoms with van der Waals surface area (Å²) >= 11 is 5.12. The lowest BCUT2D eigenvalue weighted by Gasteiger charge is -2.18. The Morgan fingerprint density at radius 1 is 1.29 bits per heavy atom. The number of thiophene rings is 1. The van der Waals surface area contributed by atoms with Crippen molar-refractivity contribution >= 4 is 27.3 Å². The summed E-state index contributed by atoms with van der Waals surface area (Å²) in [4.78, 5) is 1.09. The third kappa shape index (κ3) is 4.11. The third-order valence-electron chi connectivity index (χ3n) is 3.33. The van der Waals surface area contributed by atoms with Crippen molar-refractivity contribution in [2.24, 2.45) is 0 Å². The van der Waals surface area contributed by atoms with E-state index >= 15 is 0 Å². The molecule has 2 rings (SSSR count). The molecule has 0 aliphatic heterocycles. The highest BCUT2D eigenvalue weighted by molar-refractivity contribution is 9.11. The molecule has 1 aromatic heterocycles. The van der Waals surface area contributed by atoms with Crippen molar-refractivity contribution in [3.8, 4) is 0 Å². The van der Waals surface area contributed by atoms with E-state index < -0.39 is 11.6 Å². The van der Waals surface area contributed by atoms with Crippen LogP contribution in [0, 0.1) is 18.6 Å². The fraction of sp³-hybridized carbons (Fsp3) is 0.375. The molecule has 1 unspecified atom stereocenters. The predicted octanol–water partition coefficient (Wildman–Crippen LogP) is 5.38. The Labute approximate surface area is 136 Å². The molecule has 1 N–H and O–H groups in total. The molecule has 114 valence electrons. The van der Waals surface area contributed by atoms with Crippen LogP contribution in [-0.4, -0.2) is 6.54 Å². The van der Waals surface area contributed by atoms with Crippen LogP contribution in [0.1, 0.15) is 35.4 Å². The molecule has 5 heteroatoms. The van der Waals surface area contributed by atoms with E-state index in [-0.39, 0.29) is 11.6 Å². The zero-order valence-corrected chi connectivity index (χ0v) is 14.5. The number of hydrogen-bond acceptors (Lipinski definition) is 2. The molecular formula is C16H18BrF2NS. The van der Waals surface area contributed by atoms with Crippen molar-refractivity contribution < 1.29 is 8.78 Å². The van der Waals surface area contributed by atoms with Gasteiger partial charge in [0.2, 0.25) is 0 Å². The van der Waals surface area contributed by atoms with Gasteiger partial charge in [0.15, 0.2) is 0 Å². The fourth-order valence-corrected chi connectivity index (χ4v) is 3.83. The number of benzene rings is 1. The largest absolute Gasteiger partial charge is 0.309 e. The van der Waals surface area contributed by atoms with Gasteiger partial charge in [0, 0.05) is 16.5 Å². The summed E-state index contributed by atoms with van der Waals surface area (Å²) in [6, 6.07) is 6.01. The number of aryl methyl sites for hydroxylation is 1. The van der Waals surface area contributed by atoms with E-state index in [0.29, 0.717) is 6.42 Å². The fourth-order valence-electron chi connectivity index (χ4n) is 2.18. The lowest BCUT2D eigenvalue weighted by molar-refractivity contribution is 0.494. The van der Waals surface area contributed by atoms with Crippen molar-refractivity contribution in [3.05, 3.63) is 55.7 Å². The minimum Gasteiger partial charge on any atom is -0.309 e. The number of hydrogen-bond donors (Lipinski definition) is 1. The minimum atomic E-state index is -0.481. The molecule has 1 nitrogen and oxygen atoms in total. The van der Waals surface area contributed by atoms with E-state index in [2.05, 4.69) is 34.2 Å². The van der Waals surface area contributed by atoms with Crippen LogP contribution in [0.25, 0.3) is 0 Å². The quantitative estimate of drug-likeness (QED) is 0.716. The minimum absolute atomic E-state index is 0.0775. The SMILES string of the molecule is CCCNC(Cc1c(F)cccc1F)c1cc(C)c(Br)s1. The molecule has 0 radical (unpaired) electrons. The van der Waals surface area contributed by atoms with E-state index in [0.717, 1.165) is 27.2 Å². The van der Waals surface area contributed by atoms with Crippen LogP contribution in [0.4, 0.5) is 8.78 Å². The van der Waals surface area contributed by atoms with E-state index in [1.165, 1.54) is 18.2 Å². The van der Waals surface area contributed by atoms with Crippen molar-refractivity contribution in [1.82, 2.24) is 5.32 Å². The molecule has 0 spiro atoms. The molecule has 1 heterocycles. The second kappa shape index (κ2) is 7.47. The lowest BCUT2D eigenvalue weighted by atomic mass is 10.0. The molecule has 21 heavy (non-hydrogen) atoms. The van der Waals surface area contributed by atoms with Gasteiger partial charge in [-0.15, -0.1) is 11.3 Å². The van der Waals surface area contributed by atoms with E-state index in [1.807, 2.05) is 6.92 Å². The molecule has 0 aliphatic carbocycles. The van der Waals surface area contributed by atoms with Crippen LogP contribution in [-0.2, 0) is 6.42 Å². The summed E-state index contributed by atoms with van der Waals surface area (Å²) in [7, 11) is 0. The van der Waals surface area contributed by atoms with Gasteiger partial charge in [0.05, 0.1) is 3.79 Å². The summed E-state index contributed by atoms with van der Waals surface area (Å²) in [5.41, 5.74) is 1.29. The number of rotatable bonds is 6. The molecule has 0 amide bonds. The molecule has 0 bridgehead atoms. The first-order valence-electron chi connectivity index (χ1n) is 6.95. The Balaban J connectivity index is 2.28. The Morgan fingerprint density at radius 2 is 1.95 bits per heavy atom. The van der Waals surface area contributed by atoms with Crippen LogP contribution < -0.4 is 5.32 Å². The Morgan fingerprint density at radius 3 is 2.48 bits per heavy atom. The Hall–Kier alpha value is -0.780. The summed E-state index contributed by atoms with van der Waals surface area (Å²) in [5, 5.41) is 3.39. The maximum atomic E-state index is 13.9. The Kier molecular flexibility index (Phi) is 5.90. The molecule has 0 saturated heterocycles. The topological polar surface area (TPSA) is 12.0 Å². The zero-order chi connectivity index (χ0) is 15.4. The van der Waals surface area contributed by atoms with Gasteiger partial charge in [0.1, 0.15) is 11.6 Å². The first-order chi connectivity index (χ1) is 10.0. The third-order valence-corrected chi connectivity index (χ3v) is 5.58. The van der Waals surface area contributed by atoms with E-state index in [4.69, 9.17) is 0 Å². The van der Waals surface area contributed by atoms with Gasteiger partial charge in [-0.1, -0.05) is 13.0 Å². The standard InChI is InChI=1S/C16H18BrF2NS/c1-3-7-20-14(15-8-10(2)16(17)21-15)9-11-12(18)5-4-6-13(11)19/h4-6,8,14,20H,3,7,9H2,1-2H3. The Bertz CT molecular complexity index is 573. The van der Waals surface area contributed by atoms with Crippen LogP contribution in [0.5, 0.6) is 0 Å². The molecule has 1 atom stereocenters. The average molecular weight is 374 g/mol. The molecule has 1 aromatic carbocycles. The predicted molar refractivity (Wildman–Crippen MR) is 87.9 cm³/mol. The summed E-state index contributed by atoms with van der Waals surface area (Å²) in [6.07, 6.45) is 1.28. The maximum Gasteiger partial charge on any atom is 0.129 e. The summed E-state index contributed by atoms with van der Waals surface area (Å²) < 4.78 is 28.8. The molecule has 0 fully saturated rings. The smallest absolute Gasteiger partial charge is 0.129 e. The first kappa shape index (κ1) is 16.6. The van der Waals surface area contributed by atoms with Crippen molar-refractivity contribution in [1.29, 1.82) is 0 Å². The van der Waals surface area contributed by atoms with Crippen LogP contribution >= 0.6 is 27.3 Å². The van der Waals surface area contributed by atoms with E-state index in [1.54, 1.807) is 11.3 Å². The average Bonchev–Trinajstić information content (AvgIpc) is 2.77. The van der Waals surface area contributed by atoms with Crippen LogP contribution in [0.2, 0.25) is 0 Å². The number of halogens is 3. The van der Waals surface area contributed by atoms with Gasteiger partial charge >= 0.3 is 0 Å². The van der Waals surface area contributed by atoms with Crippen molar-refractivity contribution in [2.75, 3.05) is 6.54 Å². The van der Waals surface area contributed by atoms with E-state index in [9.17, 15) is 8.78 Å². The van der Waals surface area contributed by atoms with Gasteiger partial charge in [-0.05, 0) is 66.0 Å². The van der Waals surface area contributed by atoms with Gasteiger partial charge in [-0.3, -0.25) is 0 Å². The highest BCUT2D eigenvalue weighted by atomic mass is 79.9. The van der Waals surface area contributed by atoms with Crippen molar-refractivity contribution in [2.45, 2.75) is 32.7 Å². The summed E-state index contributed by atoms with van der Waals surface area (Å²) in [5.74, 6) is -0.962. The molecule has 0 aliphatic rings. The lowest BCUT2D eigenvalue weighted by Crippen LogP contribution is -2.24. The van der Waals surface area contributed by atoms with Crippen LogP contribution in [0.3, 0.4) is 0 Å². The number of nitrogens with one attached hydrogen (secondary N) is 1. The monoisotopic (exact) mass is 373 g/mol. The molecule has 0 saturated carbocycles. The maximum absolute atomic E-state index is 13.9. The highest BCUT2D eigenvalue weighted by Gasteiger charge is 2.19. The first-order valence-corrected chi connectivity index (χ1v) is 8.56. The normalized spacial score (nSPS) is 12.6. The van der Waals surface area contributed by atoms with Gasteiger partial charge in [-0.25, -0.2) is 8.78 Å². The molecule has 2 aromatic rings. The summed E-state index contributed by atoms with van der Waals surface area (Å²) in [6.45, 7) is 4.91. The second-order valence-corrected chi connectivity index (χ2v) is 7.42.